The predicted octanol–water partition coefficient (Wildman–Crippen LogP) is 1.55. The summed E-state index contributed by atoms with van der Waals surface area (Å²) in [7, 11) is -2.93. The molecule has 2 N–H and O–H groups in total. The van der Waals surface area contributed by atoms with Crippen LogP contribution in [0.3, 0.4) is 0 Å². The van der Waals surface area contributed by atoms with Crippen LogP contribution in [0.15, 0.2) is 52.3 Å². The van der Waals surface area contributed by atoms with Crippen molar-refractivity contribution in [1.29, 1.82) is 0 Å². The molecule has 1 aliphatic rings. The zero-order valence-corrected chi connectivity index (χ0v) is 17.2. The predicted molar refractivity (Wildman–Crippen MR) is 106 cm³/mol. The third kappa shape index (κ3) is 5.26. The van der Waals surface area contributed by atoms with Gasteiger partial charge in [-0.2, -0.15) is 8.42 Å². The van der Waals surface area contributed by atoms with Gasteiger partial charge in [0, 0.05) is 17.3 Å². The largest absolute Gasteiger partial charge is 0.593 e. The van der Waals surface area contributed by atoms with Gasteiger partial charge in [0.2, 0.25) is 4.90 Å². The van der Waals surface area contributed by atoms with E-state index in [2.05, 4.69) is 5.32 Å². The Morgan fingerprint density at radius 2 is 1.97 bits per heavy atom. The summed E-state index contributed by atoms with van der Waals surface area (Å²) in [6.45, 7) is 1.93. The maximum Gasteiger partial charge on any atom is 0.294 e. The summed E-state index contributed by atoms with van der Waals surface area (Å²) in [4.78, 5) is 12.7. The summed E-state index contributed by atoms with van der Waals surface area (Å²) >= 11 is -1.53. The Bertz CT molecular complexity index is 991. The van der Waals surface area contributed by atoms with Crippen LogP contribution in [0.2, 0.25) is 0 Å². The lowest BCUT2D eigenvalue weighted by Gasteiger charge is -2.27. The van der Waals surface area contributed by atoms with E-state index in [-0.39, 0.29) is 16.1 Å². The van der Waals surface area contributed by atoms with Gasteiger partial charge in [-0.15, -0.1) is 4.31 Å². The molecule has 1 unspecified atom stereocenters. The van der Waals surface area contributed by atoms with Crippen LogP contribution in [0.5, 0.6) is 5.75 Å². The summed E-state index contributed by atoms with van der Waals surface area (Å²) in [5, 5.41) is 2.57. The molecule has 0 saturated carbocycles. The van der Waals surface area contributed by atoms with E-state index in [1.807, 2.05) is 0 Å². The SMILES string of the molecule is COc1ccc(C(=O)Nc2cccc(S(=O)(=O)O)c2)cc1[S+]([O-])N1CCOCC1. The van der Waals surface area contributed by atoms with Gasteiger partial charge in [-0.3, -0.25) is 9.35 Å². The van der Waals surface area contributed by atoms with E-state index in [1.54, 1.807) is 10.4 Å². The number of rotatable bonds is 6. The fourth-order valence-corrected chi connectivity index (χ4v) is 4.58. The molecule has 2 aromatic carbocycles. The number of ether oxygens (including phenoxy) is 2. The van der Waals surface area contributed by atoms with Gasteiger partial charge in [0.1, 0.15) is 0 Å². The van der Waals surface area contributed by atoms with Crippen molar-refractivity contribution in [2.24, 2.45) is 0 Å². The molecule has 0 radical (unpaired) electrons. The average Bonchev–Trinajstić information content (AvgIpc) is 2.73. The maximum absolute atomic E-state index is 12.9. The Kier molecular flexibility index (Phi) is 6.77. The highest BCUT2D eigenvalue weighted by molar-refractivity contribution is 7.89. The number of methoxy groups -OCH3 is 1. The van der Waals surface area contributed by atoms with Crippen molar-refractivity contribution in [3.05, 3.63) is 48.0 Å². The number of anilines is 1. The number of nitrogens with zero attached hydrogens (tertiary/aromatic N) is 1. The van der Waals surface area contributed by atoms with Crippen LogP contribution < -0.4 is 10.1 Å². The molecule has 2 aromatic rings. The molecule has 1 saturated heterocycles. The highest BCUT2D eigenvalue weighted by Crippen LogP contribution is 2.29. The molecule has 3 rings (SSSR count). The Hall–Kier alpha value is -2.15. The van der Waals surface area contributed by atoms with Crippen molar-refractivity contribution >= 4 is 33.1 Å². The molecule has 0 aromatic heterocycles. The number of carbonyl (C=O) groups excluding carboxylic acids is 1. The quantitative estimate of drug-likeness (QED) is 0.511. The molecule has 0 bridgehead atoms. The van der Waals surface area contributed by atoms with Crippen LogP contribution >= 0.6 is 0 Å². The Morgan fingerprint density at radius 1 is 1.24 bits per heavy atom. The smallest absolute Gasteiger partial charge is 0.294 e. The third-order valence-corrected chi connectivity index (χ3v) is 6.59. The third-order valence-electron chi connectivity index (χ3n) is 4.21. The lowest BCUT2D eigenvalue weighted by molar-refractivity contribution is 0.0729. The second-order valence-electron chi connectivity index (χ2n) is 6.11. The zero-order chi connectivity index (χ0) is 21.0. The van der Waals surface area contributed by atoms with Gasteiger partial charge in [-0.05, 0) is 30.3 Å². The first kappa shape index (κ1) is 21.6. The van der Waals surface area contributed by atoms with Crippen LogP contribution in [0.4, 0.5) is 5.69 Å². The number of amides is 1. The number of benzene rings is 2. The monoisotopic (exact) mass is 440 g/mol. The Labute approximate surface area is 171 Å². The Balaban J connectivity index is 1.84. The van der Waals surface area contributed by atoms with Crippen molar-refractivity contribution in [2.45, 2.75) is 9.79 Å². The molecule has 1 fully saturated rings. The van der Waals surface area contributed by atoms with Crippen LogP contribution in [0.1, 0.15) is 10.4 Å². The second-order valence-corrected chi connectivity index (χ2v) is 8.99. The summed E-state index contributed by atoms with van der Waals surface area (Å²) in [6, 6.07) is 9.78. The van der Waals surface area contributed by atoms with Gasteiger partial charge in [-0.25, -0.2) is 0 Å². The van der Waals surface area contributed by atoms with Crippen LogP contribution in [0.25, 0.3) is 0 Å². The molecule has 1 heterocycles. The highest BCUT2D eigenvalue weighted by atomic mass is 32.2. The molecule has 9 nitrogen and oxygen atoms in total. The average molecular weight is 440 g/mol. The van der Waals surface area contributed by atoms with E-state index in [1.165, 1.54) is 37.4 Å². The van der Waals surface area contributed by atoms with E-state index in [0.29, 0.717) is 36.9 Å². The Morgan fingerprint density at radius 3 is 2.62 bits per heavy atom. The molecule has 11 heteroatoms. The van der Waals surface area contributed by atoms with Crippen molar-refractivity contribution < 1.29 is 31.8 Å². The molecule has 0 aliphatic carbocycles. The number of morpholine rings is 1. The minimum atomic E-state index is -4.39. The van der Waals surface area contributed by atoms with E-state index < -0.39 is 27.4 Å². The minimum Gasteiger partial charge on any atom is -0.593 e. The van der Waals surface area contributed by atoms with Gasteiger partial charge in [-0.1, -0.05) is 6.07 Å². The number of nitrogens with one attached hydrogen (secondary N) is 1. The maximum atomic E-state index is 12.9. The van der Waals surface area contributed by atoms with Gasteiger partial charge in [0.15, 0.2) is 5.75 Å². The van der Waals surface area contributed by atoms with E-state index in [9.17, 15) is 17.8 Å². The van der Waals surface area contributed by atoms with Gasteiger partial charge in [0.25, 0.3) is 16.0 Å². The lowest BCUT2D eigenvalue weighted by atomic mass is 10.2. The van der Waals surface area contributed by atoms with E-state index >= 15 is 0 Å². The fourth-order valence-electron chi connectivity index (χ4n) is 2.74. The fraction of sp³-hybridized carbons (Fsp3) is 0.278. The van der Waals surface area contributed by atoms with Crippen LogP contribution in [-0.2, 0) is 26.2 Å². The first-order chi connectivity index (χ1) is 13.8. The van der Waals surface area contributed by atoms with Crippen molar-refractivity contribution in [1.82, 2.24) is 4.31 Å². The molecular weight excluding hydrogens is 420 g/mol. The molecule has 1 atom stereocenters. The molecule has 156 valence electrons. The first-order valence-electron chi connectivity index (χ1n) is 8.61. The van der Waals surface area contributed by atoms with Crippen molar-refractivity contribution in [3.8, 4) is 5.75 Å². The highest BCUT2D eigenvalue weighted by Gasteiger charge is 2.29. The van der Waals surface area contributed by atoms with Crippen molar-refractivity contribution in [2.75, 3.05) is 38.7 Å². The lowest BCUT2D eigenvalue weighted by Crippen LogP contribution is -2.40. The molecule has 0 spiro atoms. The number of hydrogen-bond acceptors (Lipinski definition) is 7. The van der Waals surface area contributed by atoms with Gasteiger partial charge < -0.3 is 19.3 Å². The van der Waals surface area contributed by atoms with Crippen LogP contribution in [-0.4, -0.2) is 61.1 Å². The number of carbonyl (C=O) groups is 1. The summed E-state index contributed by atoms with van der Waals surface area (Å²) in [5.74, 6) is -0.139. The van der Waals surface area contributed by atoms with Gasteiger partial charge >= 0.3 is 0 Å². The summed E-state index contributed by atoms with van der Waals surface area (Å²) in [6.07, 6.45) is 0. The molecule has 1 aliphatic heterocycles. The minimum absolute atomic E-state index is 0.191. The first-order valence-corrected chi connectivity index (χ1v) is 11.2. The molecule has 1 amide bonds. The molecular formula is C18H20N2O7S2. The van der Waals surface area contributed by atoms with Gasteiger partial charge in [0.05, 0.1) is 49.7 Å². The zero-order valence-electron chi connectivity index (χ0n) is 15.5. The standard InChI is InChI=1S/C18H20N2O7S2/c1-26-16-6-5-13(11-17(16)28(22)20-7-9-27-10-8-20)18(21)19-14-3-2-4-15(12-14)29(23,24)25/h2-6,11-12H,7-10H2,1H3,(H,19,21)(H,23,24,25). The number of hydrogen-bond donors (Lipinski definition) is 2. The summed E-state index contributed by atoms with van der Waals surface area (Å²) in [5.41, 5.74) is 0.413. The topological polar surface area (TPSA) is 128 Å². The van der Waals surface area contributed by atoms with Crippen LogP contribution in [0, 0.1) is 0 Å². The molecule has 29 heavy (non-hydrogen) atoms. The van der Waals surface area contributed by atoms with E-state index in [0.717, 1.165) is 6.07 Å². The normalized spacial score (nSPS) is 16.2. The van der Waals surface area contributed by atoms with E-state index in [4.69, 9.17) is 14.0 Å². The van der Waals surface area contributed by atoms with Crippen molar-refractivity contribution in [3.63, 3.8) is 0 Å². The second kappa shape index (κ2) is 9.11. The summed E-state index contributed by atoms with van der Waals surface area (Å²) < 4.78 is 56.9.